The van der Waals surface area contributed by atoms with Crippen LogP contribution in [-0.4, -0.2) is 67.0 Å². The molecule has 2 saturated heterocycles. The van der Waals surface area contributed by atoms with Crippen molar-refractivity contribution in [1.29, 1.82) is 0 Å². The van der Waals surface area contributed by atoms with Crippen molar-refractivity contribution in [3.05, 3.63) is 64.9 Å². The Labute approximate surface area is 221 Å². The number of nitrogens with zero attached hydrogens (tertiary/aromatic N) is 3. The molecule has 0 amide bonds. The van der Waals surface area contributed by atoms with Gasteiger partial charge in [0.1, 0.15) is 11.6 Å². The Kier molecular flexibility index (Phi) is 7.12. The average Bonchev–Trinajstić information content (AvgIpc) is 3.50. The van der Waals surface area contributed by atoms with E-state index in [1.165, 1.54) is 29.9 Å². The van der Waals surface area contributed by atoms with Crippen LogP contribution in [0.1, 0.15) is 49.0 Å². The molecule has 3 aliphatic rings. The van der Waals surface area contributed by atoms with E-state index in [0.29, 0.717) is 30.3 Å². The summed E-state index contributed by atoms with van der Waals surface area (Å²) >= 11 is 0. The molecule has 2 fully saturated rings. The molecule has 3 aromatic rings. The van der Waals surface area contributed by atoms with E-state index in [1.54, 1.807) is 0 Å². The lowest BCUT2D eigenvalue weighted by atomic mass is 9.91. The summed E-state index contributed by atoms with van der Waals surface area (Å²) in [5.41, 5.74) is 2.80. The summed E-state index contributed by atoms with van der Waals surface area (Å²) in [7, 11) is 0. The molecule has 6 rings (SSSR count). The maximum atomic E-state index is 15.8. The second kappa shape index (κ2) is 10.5. The lowest BCUT2D eigenvalue weighted by molar-refractivity contribution is 0.0680. The standard InChI is InChI=1S/C30H36F4N4/c1-19-6-10-36(11-7-19)16-20-8-12-37(17-20)21-14-24(31)28(25(32)15-21)30-29-23(9-13-38(30)18-27(33)34)22-4-2-3-5-26(22)35-29/h2-5,14-15,19-20,27,30,35H,6-13,16-18H2,1H3. The number of para-hydroxylation sites is 1. The molecule has 2 aromatic carbocycles. The van der Waals surface area contributed by atoms with Crippen LogP contribution in [0.4, 0.5) is 23.2 Å². The number of benzene rings is 2. The van der Waals surface area contributed by atoms with Crippen molar-refractivity contribution < 1.29 is 17.6 Å². The number of H-pyrrole nitrogens is 1. The van der Waals surface area contributed by atoms with E-state index in [2.05, 4.69) is 21.7 Å². The molecule has 2 atom stereocenters. The normalized spacial score (nSPS) is 23.6. The zero-order valence-corrected chi connectivity index (χ0v) is 21.9. The van der Waals surface area contributed by atoms with Crippen molar-refractivity contribution in [2.24, 2.45) is 11.8 Å². The number of nitrogens with one attached hydrogen (secondary N) is 1. The van der Waals surface area contributed by atoms with Crippen LogP contribution in [-0.2, 0) is 6.42 Å². The number of aromatic nitrogens is 1. The van der Waals surface area contributed by atoms with Gasteiger partial charge in [-0.1, -0.05) is 25.1 Å². The minimum absolute atomic E-state index is 0.153. The maximum Gasteiger partial charge on any atom is 0.251 e. The number of rotatable bonds is 6. The highest BCUT2D eigenvalue weighted by Crippen LogP contribution is 2.41. The van der Waals surface area contributed by atoms with E-state index < -0.39 is 30.6 Å². The summed E-state index contributed by atoms with van der Waals surface area (Å²) in [6.45, 7) is 6.90. The summed E-state index contributed by atoms with van der Waals surface area (Å²) in [5.74, 6) is -0.0894. The van der Waals surface area contributed by atoms with Gasteiger partial charge in [0.25, 0.3) is 6.43 Å². The van der Waals surface area contributed by atoms with Crippen LogP contribution in [0.5, 0.6) is 0 Å². The molecule has 38 heavy (non-hydrogen) atoms. The molecular formula is C30H36F4N4. The van der Waals surface area contributed by atoms with Crippen LogP contribution in [0, 0.1) is 23.5 Å². The highest BCUT2D eigenvalue weighted by Gasteiger charge is 2.37. The van der Waals surface area contributed by atoms with Gasteiger partial charge >= 0.3 is 0 Å². The number of hydrogen-bond acceptors (Lipinski definition) is 3. The highest BCUT2D eigenvalue weighted by molar-refractivity contribution is 5.85. The lowest BCUT2D eigenvalue weighted by Crippen LogP contribution is -2.40. The number of aromatic amines is 1. The Morgan fingerprint density at radius 2 is 1.71 bits per heavy atom. The first kappa shape index (κ1) is 25.7. The number of hydrogen-bond donors (Lipinski definition) is 1. The molecule has 1 N–H and O–H groups in total. The monoisotopic (exact) mass is 528 g/mol. The van der Waals surface area contributed by atoms with E-state index in [1.807, 2.05) is 24.3 Å². The first-order valence-electron chi connectivity index (χ1n) is 13.9. The zero-order chi connectivity index (χ0) is 26.4. The third-order valence-corrected chi connectivity index (χ3v) is 8.89. The molecule has 8 heteroatoms. The van der Waals surface area contributed by atoms with Gasteiger partial charge < -0.3 is 14.8 Å². The van der Waals surface area contributed by atoms with E-state index in [4.69, 9.17) is 0 Å². The first-order chi connectivity index (χ1) is 18.4. The molecule has 0 aliphatic carbocycles. The Morgan fingerprint density at radius 1 is 0.974 bits per heavy atom. The Morgan fingerprint density at radius 3 is 2.45 bits per heavy atom. The minimum atomic E-state index is -2.60. The molecule has 0 bridgehead atoms. The van der Waals surface area contributed by atoms with Gasteiger partial charge in [0, 0.05) is 54.0 Å². The minimum Gasteiger partial charge on any atom is -0.371 e. The number of piperidine rings is 1. The summed E-state index contributed by atoms with van der Waals surface area (Å²) < 4.78 is 58.7. The van der Waals surface area contributed by atoms with Crippen molar-refractivity contribution in [2.45, 2.75) is 45.1 Å². The van der Waals surface area contributed by atoms with E-state index in [-0.39, 0.29) is 5.56 Å². The van der Waals surface area contributed by atoms with Crippen molar-refractivity contribution in [3.63, 3.8) is 0 Å². The fourth-order valence-corrected chi connectivity index (χ4v) is 6.83. The van der Waals surface area contributed by atoms with Gasteiger partial charge in [-0.05, 0) is 74.4 Å². The van der Waals surface area contributed by atoms with Gasteiger partial charge in [0.2, 0.25) is 0 Å². The Hall–Kier alpha value is -2.58. The largest absolute Gasteiger partial charge is 0.371 e. The van der Waals surface area contributed by atoms with Gasteiger partial charge in [0.05, 0.1) is 12.6 Å². The highest BCUT2D eigenvalue weighted by atomic mass is 19.3. The van der Waals surface area contributed by atoms with E-state index >= 15 is 8.78 Å². The van der Waals surface area contributed by atoms with E-state index in [9.17, 15) is 8.78 Å². The van der Waals surface area contributed by atoms with Crippen LogP contribution in [0.25, 0.3) is 10.9 Å². The summed E-state index contributed by atoms with van der Waals surface area (Å²) in [6, 6.07) is 9.56. The van der Waals surface area contributed by atoms with Gasteiger partial charge in [-0.15, -0.1) is 0 Å². The van der Waals surface area contributed by atoms with Crippen LogP contribution in [0.15, 0.2) is 36.4 Å². The molecular weight excluding hydrogens is 492 g/mol. The fourth-order valence-electron chi connectivity index (χ4n) is 6.83. The molecule has 4 nitrogen and oxygen atoms in total. The van der Waals surface area contributed by atoms with Crippen LogP contribution < -0.4 is 4.90 Å². The molecule has 0 spiro atoms. The molecule has 204 valence electrons. The number of fused-ring (bicyclic) bond motifs is 3. The van der Waals surface area contributed by atoms with Crippen LogP contribution in [0.3, 0.4) is 0 Å². The summed E-state index contributed by atoms with van der Waals surface area (Å²) in [4.78, 5) is 9.41. The lowest BCUT2D eigenvalue weighted by Gasteiger charge is -2.36. The second-order valence-corrected chi connectivity index (χ2v) is 11.5. The fraction of sp³-hybridized carbons (Fsp3) is 0.533. The molecule has 1 aromatic heterocycles. The van der Waals surface area contributed by atoms with Gasteiger partial charge in [-0.2, -0.15) is 0 Å². The molecule has 0 radical (unpaired) electrons. The predicted molar refractivity (Wildman–Crippen MR) is 143 cm³/mol. The van der Waals surface area contributed by atoms with Crippen molar-refractivity contribution in [3.8, 4) is 0 Å². The third kappa shape index (κ3) is 4.93. The second-order valence-electron chi connectivity index (χ2n) is 11.5. The number of anilines is 1. The first-order valence-corrected chi connectivity index (χ1v) is 13.9. The maximum absolute atomic E-state index is 15.8. The topological polar surface area (TPSA) is 25.5 Å². The molecule has 4 heterocycles. The summed E-state index contributed by atoms with van der Waals surface area (Å²) in [5, 5.41) is 0.980. The molecule has 2 unspecified atom stereocenters. The molecule has 0 saturated carbocycles. The average molecular weight is 529 g/mol. The SMILES string of the molecule is CC1CCN(CC2CCN(c3cc(F)c(C4c5[nH]c6ccccc6c5CCN4CC(F)F)c(F)c3)C2)CC1. The van der Waals surface area contributed by atoms with Crippen LogP contribution in [0.2, 0.25) is 0 Å². The Balaban J connectivity index is 1.27. The van der Waals surface area contributed by atoms with Crippen molar-refractivity contribution >= 4 is 16.6 Å². The van der Waals surface area contributed by atoms with Gasteiger partial charge in [-0.25, -0.2) is 17.6 Å². The number of halogens is 4. The zero-order valence-electron chi connectivity index (χ0n) is 21.9. The summed E-state index contributed by atoms with van der Waals surface area (Å²) in [6.07, 6.45) is 1.42. The third-order valence-electron chi connectivity index (χ3n) is 8.89. The van der Waals surface area contributed by atoms with Gasteiger partial charge in [-0.3, -0.25) is 4.90 Å². The van der Waals surface area contributed by atoms with E-state index in [0.717, 1.165) is 61.5 Å². The van der Waals surface area contributed by atoms with Crippen molar-refractivity contribution in [1.82, 2.24) is 14.8 Å². The van der Waals surface area contributed by atoms with Crippen LogP contribution >= 0.6 is 0 Å². The number of alkyl halides is 2. The Bertz CT molecular complexity index is 1260. The van der Waals surface area contributed by atoms with Crippen molar-refractivity contribution in [2.75, 3.05) is 50.7 Å². The number of likely N-dealkylation sites (tertiary alicyclic amines) is 1. The predicted octanol–water partition coefficient (Wildman–Crippen LogP) is 6.22. The smallest absolute Gasteiger partial charge is 0.251 e. The molecule has 3 aliphatic heterocycles. The quantitative estimate of drug-likeness (QED) is 0.385. The van der Waals surface area contributed by atoms with Gasteiger partial charge in [0.15, 0.2) is 0 Å².